The maximum atomic E-state index is 12.3. The normalized spacial score (nSPS) is 12.0. The minimum absolute atomic E-state index is 0.112. The molecule has 1 aromatic carbocycles. The number of benzene rings is 1. The highest BCUT2D eigenvalue weighted by Gasteiger charge is 2.17. The number of hydrogen-bond acceptors (Lipinski definition) is 4. The van der Waals surface area contributed by atoms with Gasteiger partial charge in [0, 0.05) is 38.4 Å². The van der Waals surface area contributed by atoms with Gasteiger partial charge in [0.05, 0.1) is 10.6 Å². The molecule has 0 aliphatic rings. The number of hydrogen-bond donors (Lipinski definition) is 1. The van der Waals surface area contributed by atoms with Crippen LogP contribution in [0.1, 0.15) is 37.2 Å². The van der Waals surface area contributed by atoms with Crippen LogP contribution in [0.4, 0.5) is 5.69 Å². The topological polar surface area (TPSA) is 84.3 Å². The van der Waals surface area contributed by atoms with E-state index in [-0.39, 0.29) is 10.8 Å². The van der Waals surface area contributed by atoms with Crippen molar-refractivity contribution < 1.29 is 13.2 Å². The molecule has 1 heterocycles. The smallest absolute Gasteiger partial charge is 0.242 e. The summed E-state index contributed by atoms with van der Waals surface area (Å²) in [5.74, 6) is 0.395. The Labute approximate surface area is 167 Å². The van der Waals surface area contributed by atoms with Crippen LogP contribution in [0.5, 0.6) is 0 Å². The lowest BCUT2D eigenvalue weighted by atomic mass is 10.1. The van der Waals surface area contributed by atoms with E-state index in [0.717, 1.165) is 27.8 Å². The number of nitrogens with zero attached hydrogens (tertiary/aromatic N) is 3. The fraction of sp³-hybridized carbons (Fsp3) is 0.500. The summed E-state index contributed by atoms with van der Waals surface area (Å²) in [6, 6.07) is 6.20. The SMILES string of the molecule is Cc1nn(CC(C)C)c(C)c1CCC(=O)Nc1ccc(S(=O)(=O)N(C)C)cc1. The molecule has 0 saturated heterocycles. The van der Waals surface area contributed by atoms with Crippen molar-refractivity contribution in [3.63, 3.8) is 0 Å². The van der Waals surface area contributed by atoms with Crippen LogP contribution >= 0.6 is 0 Å². The molecule has 0 spiro atoms. The molecule has 1 aromatic heterocycles. The Balaban J connectivity index is 1.99. The van der Waals surface area contributed by atoms with E-state index < -0.39 is 10.0 Å². The van der Waals surface area contributed by atoms with Gasteiger partial charge in [-0.25, -0.2) is 12.7 Å². The van der Waals surface area contributed by atoms with E-state index in [4.69, 9.17) is 0 Å². The van der Waals surface area contributed by atoms with Crippen molar-refractivity contribution in [2.24, 2.45) is 5.92 Å². The van der Waals surface area contributed by atoms with Gasteiger partial charge in [-0.3, -0.25) is 9.48 Å². The van der Waals surface area contributed by atoms with Crippen LogP contribution in [0.2, 0.25) is 0 Å². The van der Waals surface area contributed by atoms with Gasteiger partial charge in [0.2, 0.25) is 15.9 Å². The number of carbonyl (C=O) groups excluding carboxylic acids is 1. The van der Waals surface area contributed by atoms with Gasteiger partial charge in [0.15, 0.2) is 0 Å². The van der Waals surface area contributed by atoms with Crippen LogP contribution < -0.4 is 5.32 Å². The molecule has 0 aliphatic carbocycles. The average Bonchev–Trinajstić information content (AvgIpc) is 2.86. The van der Waals surface area contributed by atoms with Crippen molar-refractivity contribution in [3.8, 4) is 0 Å². The highest BCUT2D eigenvalue weighted by atomic mass is 32.2. The zero-order valence-corrected chi connectivity index (χ0v) is 18.3. The van der Waals surface area contributed by atoms with Gasteiger partial charge < -0.3 is 5.32 Å². The Morgan fingerprint density at radius 2 is 1.79 bits per heavy atom. The summed E-state index contributed by atoms with van der Waals surface area (Å²) in [5, 5.41) is 7.41. The van der Waals surface area contributed by atoms with E-state index >= 15 is 0 Å². The van der Waals surface area contributed by atoms with Crippen molar-refractivity contribution in [3.05, 3.63) is 41.2 Å². The lowest BCUT2D eigenvalue weighted by Crippen LogP contribution is -2.22. The number of carbonyl (C=O) groups is 1. The van der Waals surface area contributed by atoms with Crippen molar-refractivity contribution in [2.45, 2.75) is 52.0 Å². The molecule has 1 amide bonds. The maximum Gasteiger partial charge on any atom is 0.242 e. The van der Waals surface area contributed by atoms with Gasteiger partial charge in [0.1, 0.15) is 0 Å². The van der Waals surface area contributed by atoms with Crippen molar-refractivity contribution in [1.29, 1.82) is 0 Å². The quantitative estimate of drug-likeness (QED) is 0.730. The van der Waals surface area contributed by atoms with Crippen LogP contribution in [-0.2, 0) is 27.8 Å². The number of aryl methyl sites for hydroxylation is 1. The molecule has 154 valence electrons. The third-order valence-corrected chi connectivity index (χ3v) is 6.42. The van der Waals surface area contributed by atoms with Crippen molar-refractivity contribution >= 4 is 21.6 Å². The maximum absolute atomic E-state index is 12.3. The highest BCUT2D eigenvalue weighted by molar-refractivity contribution is 7.89. The Kier molecular flexibility index (Phi) is 7.01. The van der Waals surface area contributed by atoms with Gasteiger partial charge in [0.25, 0.3) is 0 Å². The second-order valence-electron chi connectivity index (χ2n) is 7.59. The fourth-order valence-electron chi connectivity index (χ4n) is 3.00. The van der Waals surface area contributed by atoms with E-state index in [9.17, 15) is 13.2 Å². The first-order chi connectivity index (χ1) is 13.0. The summed E-state index contributed by atoms with van der Waals surface area (Å²) >= 11 is 0. The standard InChI is InChI=1S/C20H30N4O3S/c1-14(2)13-24-16(4)19(15(3)22-24)11-12-20(25)21-17-7-9-18(10-8-17)28(26,27)23(5)6/h7-10,14H,11-13H2,1-6H3,(H,21,25). The summed E-state index contributed by atoms with van der Waals surface area (Å²) in [7, 11) is -0.504. The Hall–Kier alpha value is -2.19. The second kappa shape index (κ2) is 8.87. The van der Waals surface area contributed by atoms with E-state index in [2.05, 4.69) is 24.3 Å². The Morgan fingerprint density at radius 1 is 1.18 bits per heavy atom. The van der Waals surface area contributed by atoms with E-state index in [1.165, 1.54) is 26.2 Å². The number of rotatable bonds is 8. The van der Waals surface area contributed by atoms with Crippen LogP contribution in [0.15, 0.2) is 29.2 Å². The first-order valence-corrected chi connectivity index (χ1v) is 10.8. The van der Waals surface area contributed by atoms with E-state index in [1.807, 2.05) is 18.5 Å². The van der Waals surface area contributed by atoms with Crippen molar-refractivity contribution in [1.82, 2.24) is 14.1 Å². The molecule has 0 unspecified atom stereocenters. The Bertz CT molecular complexity index is 929. The predicted molar refractivity (Wildman–Crippen MR) is 111 cm³/mol. The highest BCUT2D eigenvalue weighted by Crippen LogP contribution is 2.19. The summed E-state index contributed by atoms with van der Waals surface area (Å²) < 4.78 is 27.3. The molecule has 0 atom stereocenters. The van der Waals surface area contributed by atoms with Gasteiger partial charge in [-0.05, 0) is 56.0 Å². The molecular weight excluding hydrogens is 376 g/mol. The summed E-state index contributed by atoms with van der Waals surface area (Å²) in [5.41, 5.74) is 3.76. The third-order valence-electron chi connectivity index (χ3n) is 4.59. The van der Waals surface area contributed by atoms with Crippen LogP contribution in [0.25, 0.3) is 0 Å². The molecule has 0 aliphatic heterocycles. The molecule has 0 fully saturated rings. The van der Waals surface area contributed by atoms with E-state index in [1.54, 1.807) is 12.1 Å². The van der Waals surface area contributed by atoms with Crippen LogP contribution in [-0.4, -0.2) is 42.5 Å². The average molecular weight is 407 g/mol. The predicted octanol–water partition coefficient (Wildman–Crippen LogP) is 2.98. The molecule has 0 bridgehead atoms. The lowest BCUT2D eigenvalue weighted by Gasteiger charge is -2.12. The lowest BCUT2D eigenvalue weighted by molar-refractivity contribution is -0.116. The molecule has 0 saturated carbocycles. The van der Waals surface area contributed by atoms with Crippen LogP contribution in [0.3, 0.4) is 0 Å². The van der Waals surface area contributed by atoms with Gasteiger partial charge >= 0.3 is 0 Å². The zero-order valence-electron chi connectivity index (χ0n) is 17.5. The number of amides is 1. The minimum Gasteiger partial charge on any atom is -0.326 e. The van der Waals surface area contributed by atoms with Crippen molar-refractivity contribution in [2.75, 3.05) is 19.4 Å². The molecule has 7 nitrogen and oxygen atoms in total. The van der Waals surface area contributed by atoms with E-state index in [0.29, 0.717) is 24.4 Å². The molecule has 28 heavy (non-hydrogen) atoms. The third kappa shape index (κ3) is 5.20. The molecule has 2 aromatic rings. The molecule has 8 heteroatoms. The summed E-state index contributed by atoms with van der Waals surface area (Å²) in [6.45, 7) is 9.18. The number of anilines is 1. The number of sulfonamides is 1. The fourth-order valence-corrected chi connectivity index (χ4v) is 3.90. The molecule has 1 N–H and O–H groups in total. The minimum atomic E-state index is -3.47. The molecule has 2 rings (SSSR count). The second-order valence-corrected chi connectivity index (χ2v) is 9.74. The van der Waals surface area contributed by atoms with Gasteiger partial charge in [-0.15, -0.1) is 0 Å². The molecule has 0 radical (unpaired) electrons. The summed E-state index contributed by atoms with van der Waals surface area (Å²) in [6.07, 6.45) is 0.960. The summed E-state index contributed by atoms with van der Waals surface area (Å²) in [4.78, 5) is 12.5. The number of aromatic nitrogens is 2. The largest absolute Gasteiger partial charge is 0.326 e. The van der Waals surface area contributed by atoms with Crippen LogP contribution in [0, 0.1) is 19.8 Å². The van der Waals surface area contributed by atoms with Gasteiger partial charge in [-0.2, -0.15) is 5.10 Å². The van der Waals surface area contributed by atoms with Gasteiger partial charge in [-0.1, -0.05) is 13.8 Å². The first-order valence-electron chi connectivity index (χ1n) is 9.37. The first kappa shape index (κ1) is 22.1. The molecular formula is C20H30N4O3S. The number of nitrogens with one attached hydrogen (secondary N) is 1. The zero-order chi connectivity index (χ0) is 21.1. The Morgan fingerprint density at radius 3 is 2.32 bits per heavy atom. The monoisotopic (exact) mass is 406 g/mol.